The van der Waals surface area contributed by atoms with Gasteiger partial charge in [0.1, 0.15) is 66.7 Å². The molecule has 0 spiro atoms. The fraction of sp³-hybridized carbons (Fsp3) is 0.500. The Balaban J connectivity index is 1.11. The minimum atomic E-state index is -1.76. The average Bonchev–Trinajstić information content (AvgIpc) is 1.61. The van der Waals surface area contributed by atoms with Crippen molar-refractivity contribution in [1.82, 2.24) is 57.7 Å². The summed E-state index contributed by atoms with van der Waals surface area (Å²) in [4.78, 5) is 203. The van der Waals surface area contributed by atoms with Crippen LogP contribution in [-0.4, -0.2) is 217 Å². The molecule has 6 rings (SSSR count). The number of hydrogen-bond donors (Lipinski definition) is 10. The topological polar surface area (TPSA) is 488 Å². The summed E-state index contributed by atoms with van der Waals surface area (Å²) in [6, 6.07) is 19.2. The summed E-state index contributed by atoms with van der Waals surface area (Å²) < 4.78 is 22.7. The Labute approximate surface area is 648 Å². The summed E-state index contributed by atoms with van der Waals surface area (Å²) in [5.41, 5.74) is 8.36. The number of anilines is 1. The van der Waals surface area contributed by atoms with Crippen molar-refractivity contribution >= 4 is 106 Å². The molecule has 1 aliphatic carbocycles. The number of nitrogens with zero attached hydrogens (tertiary/aromatic N) is 6. The van der Waals surface area contributed by atoms with Crippen molar-refractivity contribution in [3.8, 4) is 11.1 Å². The molecule has 2 aliphatic rings. The number of azo groups is 1. The molecule has 1 unspecified atom stereocenters. The van der Waals surface area contributed by atoms with Crippen molar-refractivity contribution in [2.45, 2.75) is 169 Å². The molecule has 0 radical (unpaired) electrons. The van der Waals surface area contributed by atoms with Gasteiger partial charge in [0, 0.05) is 63.3 Å². The second-order valence-corrected chi connectivity index (χ2v) is 29.5. The number of likely N-dealkylation sites (N-methyl/N-ethyl adjacent to an activating group) is 1. The van der Waals surface area contributed by atoms with Crippen LogP contribution in [0, 0.1) is 22.0 Å². The van der Waals surface area contributed by atoms with Crippen LogP contribution >= 0.6 is 0 Å². The molecule has 1 heterocycles. The van der Waals surface area contributed by atoms with E-state index < -0.39 is 187 Å². The van der Waals surface area contributed by atoms with Crippen LogP contribution in [-0.2, 0) is 76.5 Å². The number of esters is 2. The van der Waals surface area contributed by atoms with Gasteiger partial charge >= 0.3 is 24.1 Å². The first-order valence-electron chi connectivity index (χ1n) is 36.6. The number of fused-ring (bicyclic) bond motifs is 3. The van der Waals surface area contributed by atoms with Crippen LogP contribution in [0.2, 0.25) is 0 Å². The molecule has 4 aromatic rings. The zero-order valence-electron chi connectivity index (χ0n) is 65.1. The summed E-state index contributed by atoms with van der Waals surface area (Å²) in [6.45, 7) is 17.4. The number of nitrogens with two attached hydrogens (primary N) is 1. The van der Waals surface area contributed by atoms with Crippen LogP contribution in [0.5, 0.6) is 0 Å². The minimum absolute atomic E-state index is 0.0400. The Kier molecular flexibility index (Phi) is 32.5. The van der Waals surface area contributed by atoms with Gasteiger partial charge in [-0.25, -0.2) is 14.4 Å². The second kappa shape index (κ2) is 41.1. The number of non-ortho nitro benzene ring substituents is 1. The predicted octanol–water partition coefficient (Wildman–Crippen LogP) is 3.86. The van der Waals surface area contributed by atoms with Crippen LogP contribution in [0.3, 0.4) is 0 Å². The fourth-order valence-corrected chi connectivity index (χ4v) is 11.9. The van der Waals surface area contributed by atoms with Crippen LogP contribution in [0.1, 0.15) is 126 Å². The van der Waals surface area contributed by atoms with Gasteiger partial charge in [-0.05, 0) is 132 Å². The number of alkyl carbamates (subject to hydrolysis) is 1. The molecule has 606 valence electrons. The zero-order valence-corrected chi connectivity index (χ0v) is 65.1. The van der Waals surface area contributed by atoms with Gasteiger partial charge in [0.15, 0.2) is 0 Å². The van der Waals surface area contributed by atoms with E-state index in [4.69, 9.17) is 24.7 Å². The number of amides is 12. The van der Waals surface area contributed by atoms with Crippen molar-refractivity contribution in [3.63, 3.8) is 0 Å². The number of nitro groups is 1. The largest absolute Gasteiger partial charge is 0.460 e. The van der Waals surface area contributed by atoms with E-state index in [1.807, 2.05) is 60.4 Å². The number of carbonyl (C=O) groups excluding carboxylic acids is 14. The minimum Gasteiger partial charge on any atom is -0.460 e. The molecule has 36 nitrogen and oxygen atoms in total. The lowest BCUT2D eigenvalue weighted by atomic mass is 9.98. The molecule has 7 atom stereocenters. The summed E-state index contributed by atoms with van der Waals surface area (Å²) >= 11 is 0. The Morgan fingerprint density at radius 2 is 1.20 bits per heavy atom. The lowest BCUT2D eigenvalue weighted by Crippen LogP contribution is -2.60. The van der Waals surface area contributed by atoms with Gasteiger partial charge in [0.2, 0.25) is 59.1 Å². The first-order chi connectivity index (χ1) is 52.7. The molecule has 4 aromatic carbocycles. The number of nitro benzene ring substituents is 1. The molecule has 1 fully saturated rings. The summed E-state index contributed by atoms with van der Waals surface area (Å²) in [6.07, 6.45) is -4.19. The highest BCUT2D eigenvalue weighted by Gasteiger charge is 2.43. The van der Waals surface area contributed by atoms with Gasteiger partial charge in [-0.1, -0.05) is 76.2 Å². The van der Waals surface area contributed by atoms with Crippen molar-refractivity contribution in [3.05, 3.63) is 118 Å². The Hall–Kier alpha value is -12.1. The number of benzene rings is 4. The number of likely N-dealkylation sites (tertiary alicyclic amines) is 1. The SMILES string of the molecule is CCN(CCN(CC(=O)NCC(=O)N[C@H](C(=O)N[C@@H](CC(=O)OC1C[C@@H](C(=O)NC[C@@H](NC(=O)[C@H](CC(C)C)NC(=O)OC(C)(C)C)C(=O)N[C@@H](C)C(=O)NCC(=O)NCC(N)=O)N(C(C)=O)C1)C(=O)OC(C)(C)C)C(C)C)C(=O)OCC1c2ccccc2-c2ccccc21)c1ccc(N=Nc2ccc([N+](=O)[O-])cc2)cc1. The maximum absolute atomic E-state index is 14.3. The van der Waals surface area contributed by atoms with Crippen LogP contribution < -0.4 is 58.5 Å². The number of hydrogen-bond acceptors (Lipinski definition) is 23. The third-order valence-electron chi connectivity index (χ3n) is 17.3. The van der Waals surface area contributed by atoms with Gasteiger partial charge in [0.25, 0.3) is 5.69 Å². The van der Waals surface area contributed by atoms with Gasteiger partial charge in [0.05, 0.1) is 48.9 Å². The number of primary amides is 1. The molecular weight excluding hydrogens is 1460 g/mol. The first-order valence-corrected chi connectivity index (χ1v) is 36.6. The normalized spacial score (nSPS) is 15.1. The third kappa shape index (κ3) is 28.1. The number of carbonyl (C=O) groups is 14. The second-order valence-electron chi connectivity index (χ2n) is 29.5. The molecular formula is C76H102N16O20. The zero-order chi connectivity index (χ0) is 82.9. The Morgan fingerprint density at radius 3 is 1.75 bits per heavy atom. The highest BCUT2D eigenvalue weighted by atomic mass is 16.6. The lowest BCUT2D eigenvalue weighted by Gasteiger charge is -2.28. The van der Waals surface area contributed by atoms with E-state index in [0.29, 0.717) is 17.9 Å². The van der Waals surface area contributed by atoms with Crippen molar-refractivity contribution in [2.75, 3.05) is 70.4 Å². The molecule has 36 heteroatoms. The van der Waals surface area contributed by atoms with E-state index in [9.17, 15) is 77.2 Å². The quantitative estimate of drug-likeness (QED) is 0.0101. The van der Waals surface area contributed by atoms with Crippen molar-refractivity contribution in [1.29, 1.82) is 0 Å². The lowest BCUT2D eigenvalue weighted by molar-refractivity contribution is -0.384. The molecule has 12 amide bonds. The van der Waals surface area contributed by atoms with Crippen LogP contribution in [0.4, 0.5) is 32.3 Å². The molecule has 1 saturated heterocycles. The van der Waals surface area contributed by atoms with Crippen LogP contribution in [0.15, 0.2) is 107 Å². The van der Waals surface area contributed by atoms with Crippen LogP contribution in [0.25, 0.3) is 11.1 Å². The maximum atomic E-state index is 14.3. The third-order valence-corrected chi connectivity index (χ3v) is 17.3. The number of nitrogens with one attached hydrogen (secondary N) is 9. The smallest absolute Gasteiger partial charge is 0.410 e. The summed E-state index contributed by atoms with van der Waals surface area (Å²) in [5, 5.41) is 41.5. The van der Waals surface area contributed by atoms with Gasteiger partial charge in [-0.3, -0.25) is 67.8 Å². The molecule has 1 aliphatic heterocycles. The molecule has 112 heavy (non-hydrogen) atoms. The van der Waals surface area contributed by atoms with Crippen molar-refractivity contribution < 1.29 is 91.0 Å². The van der Waals surface area contributed by atoms with E-state index in [1.165, 1.54) is 56.9 Å². The number of rotatable bonds is 37. The van der Waals surface area contributed by atoms with E-state index in [-0.39, 0.29) is 56.6 Å². The summed E-state index contributed by atoms with van der Waals surface area (Å²) in [5.74, 6) is -12.0. The van der Waals surface area contributed by atoms with Gasteiger partial charge < -0.3 is 82.3 Å². The standard InChI is InChI=1S/C76H102N16O20/c1-14-89(49-27-23-47(24-28-49)87-88-48-25-29-50(30-26-48)92(107)108)31-32-90(74(106)109-42-56-54-21-17-15-19-52(54)53-20-16-18-22-55(53)56)41-64(97)79-39-63(96)86-66(44(4)5)71(103)83-58(72(104)111-75(8,9)10)35-65(98)110-51-34-60(91(40-51)46(7)93)70(102)80-36-59(69(101)82-45(6)67(99)81-38-62(95)78-37-61(77)94)84-68(100)57(33-43(2)3)85-73(105)112-76(11,12)13/h15-30,43-45,51,56-60,66H,14,31-42H2,1-13H3,(H2,77,94)(H,78,95)(H,79,97)(H,80,102)(H,81,99)(H,82,101)(H,83,103)(H,84,100)(H,85,105)(H,86,96)/t45-,51?,57-,58-,59+,60-,66-/m0/s1. The Bertz CT molecular complexity index is 4060. The summed E-state index contributed by atoms with van der Waals surface area (Å²) in [7, 11) is 0. The molecule has 0 bridgehead atoms. The maximum Gasteiger partial charge on any atom is 0.410 e. The first kappa shape index (κ1) is 88.8. The van der Waals surface area contributed by atoms with E-state index in [2.05, 4.69) is 58.1 Å². The number of ether oxygens (including phenoxy) is 4. The Morgan fingerprint density at radius 1 is 0.634 bits per heavy atom. The van der Waals surface area contributed by atoms with Gasteiger partial charge in [-0.2, -0.15) is 10.2 Å². The van der Waals surface area contributed by atoms with E-state index in [0.717, 1.165) is 39.8 Å². The molecule has 11 N–H and O–H groups in total. The van der Waals surface area contributed by atoms with Crippen molar-refractivity contribution in [2.24, 2.45) is 27.8 Å². The monoisotopic (exact) mass is 1560 g/mol. The average molecular weight is 1560 g/mol. The highest BCUT2D eigenvalue weighted by Crippen LogP contribution is 2.44. The van der Waals surface area contributed by atoms with E-state index in [1.54, 1.807) is 72.7 Å². The van der Waals surface area contributed by atoms with E-state index >= 15 is 0 Å². The molecule has 0 saturated carbocycles. The van der Waals surface area contributed by atoms with Gasteiger partial charge in [-0.15, -0.1) is 0 Å². The highest BCUT2D eigenvalue weighted by molar-refractivity contribution is 5.97. The molecule has 0 aromatic heterocycles. The predicted molar refractivity (Wildman–Crippen MR) is 406 cm³/mol. The fourth-order valence-electron chi connectivity index (χ4n) is 11.9.